The van der Waals surface area contributed by atoms with E-state index in [-0.39, 0.29) is 16.6 Å². The molecule has 1 N–H and O–H groups in total. The van der Waals surface area contributed by atoms with E-state index in [0.29, 0.717) is 27.4 Å². The number of H-pyrrole nitrogens is 1. The first-order valence-electron chi connectivity index (χ1n) is 6.75. The van der Waals surface area contributed by atoms with Crippen LogP contribution >= 0.6 is 0 Å². The first-order valence-corrected chi connectivity index (χ1v) is 6.75. The Hall–Kier alpha value is -3.08. The number of rotatable bonds is 1. The molecule has 4 aromatic rings. The van der Waals surface area contributed by atoms with Crippen LogP contribution in [0.15, 0.2) is 45.6 Å². The van der Waals surface area contributed by atoms with Crippen molar-refractivity contribution >= 4 is 38.9 Å². The molecule has 0 amide bonds. The third kappa shape index (κ3) is 1.65. The summed E-state index contributed by atoms with van der Waals surface area (Å²) in [5.41, 5.74) is 2.50. The van der Waals surface area contributed by atoms with E-state index >= 15 is 0 Å². The lowest BCUT2D eigenvalue weighted by molar-refractivity contribution is -0.254. The van der Waals surface area contributed by atoms with Gasteiger partial charge in [0.25, 0.3) is 0 Å². The summed E-state index contributed by atoms with van der Waals surface area (Å²) in [6.45, 7) is 1.88. The molecule has 22 heavy (non-hydrogen) atoms. The van der Waals surface area contributed by atoms with Crippen LogP contribution in [0, 0.1) is 6.92 Å². The molecule has 0 saturated heterocycles. The smallest absolute Gasteiger partial charge is 0.182 e. The number of aromatic carboxylic acids is 1. The number of nitrogens with one attached hydrogen (secondary N) is 1. The van der Waals surface area contributed by atoms with Crippen molar-refractivity contribution in [3.8, 4) is 0 Å². The Labute approximate surface area is 123 Å². The van der Waals surface area contributed by atoms with Crippen LogP contribution in [0.4, 0.5) is 0 Å². The molecule has 5 nitrogen and oxygen atoms in total. The second-order valence-corrected chi connectivity index (χ2v) is 5.30. The maximum absolute atomic E-state index is 11.6. The molecule has 0 radical (unpaired) electrons. The number of carboxylic acid groups (broad SMARTS) is 1. The number of fused-ring (bicyclic) bond motifs is 4. The second-order valence-electron chi connectivity index (χ2n) is 5.30. The van der Waals surface area contributed by atoms with Crippen molar-refractivity contribution in [3.05, 3.63) is 57.7 Å². The number of carboxylic acids is 1. The van der Waals surface area contributed by atoms with Gasteiger partial charge in [-0.05, 0) is 31.2 Å². The van der Waals surface area contributed by atoms with Gasteiger partial charge < -0.3 is 19.3 Å². The van der Waals surface area contributed by atoms with Crippen LogP contribution in [0.25, 0.3) is 33.0 Å². The number of aryl methyl sites for hydroxylation is 1. The molecule has 0 atom stereocenters. The van der Waals surface area contributed by atoms with Crippen molar-refractivity contribution in [3.63, 3.8) is 0 Å². The fourth-order valence-electron chi connectivity index (χ4n) is 2.81. The quantitative estimate of drug-likeness (QED) is 0.582. The zero-order chi connectivity index (χ0) is 15.4. The van der Waals surface area contributed by atoms with E-state index < -0.39 is 5.97 Å². The molecule has 0 bridgehead atoms. The van der Waals surface area contributed by atoms with Gasteiger partial charge in [0.15, 0.2) is 11.0 Å². The molecular weight excluding hydrogens is 282 g/mol. The normalized spacial score (nSPS) is 11.5. The van der Waals surface area contributed by atoms with Crippen LogP contribution < -0.4 is 10.5 Å². The fourth-order valence-corrected chi connectivity index (χ4v) is 2.81. The predicted molar refractivity (Wildman–Crippen MR) is 80.9 cm³/mol. The Morgan fingerprint density at radius 2 is 1.95 bits per heavy atom. The molecule has 0 saturated carbocycles. The van der Waals surface area contributed by atoms with E-state index in [1.165, 1.54) is 12.1 Å². The van der Waals surface area contributed by atoms with E-state index in [1.807, 2.05) is 19.1 Å². The summed E-state index contributed by atoms with van der Waals surface area (Å²) in [5, 5.41) is 12.8. The number of benzene rings is 2. The topological polar surface area (TPSA) is 86.1 Å². The van der Waals surface area contributed by atoms with Gasteiger partial charge in [-0.2, -0.15) is 0 Å². The van der Waals surface area contributed by atoms with Gasteiger partial charge in [0.2, 0.25) is 0 Å². The molecule has 0 aliphatic heterocycles. The fraction of sp³-hybridized carbons (Fsp3) is 0.0588. The predicted octanol–water partition coefficient (Wildman–Crippen LogP) is 2.10. The van der Waals surface area contributed by atoms with E-state index in [1.54, 1.807) is 12.1 Å². The molecule has 0 aliphatic carbocycles. The third-order valence-electron chi connectivity index (χ3n) is 3.80. The number of aromatic nitrogens is 1. The van der Waals surface area contributed by atoms with E-state index in [0.717, 1.165) is 5.56 Å². The second kappa shape index (κ2) is 4.21. The molecule has 2 aromatic carbocycles. The number of pyridine rings is 1. The number of hydrogen-bond acceptors (Lipinski definition) is 4. The van der Waals surface area contributed by atoms with Crippen molar-refractivity contribution in [2.45, 2.75) is 6.92 Å². The summed E-state index contributed by atoms with van der Waals surface area (Å²) in [4.78, 5) is 26.3. The first-order chi connectivity index (χ1) is 10.5. The summed E-state index contributed by atoms with van der Waals surface area (Å²) in [7, 11) is 0. The Bertz CT molecular complexity index is 1130. The standard InChI is InChI=1S/C17H11NO4/c1-8-2-5-12-11(6-8)14(17(20)21)16-15(18-12)10-4-3-9(19)7-13(10)22-16/h2-7,18H,1H3,(H,20,21)/p-1. The Morgan fingerprint density at radius 3 is 2.73 bits per heavy atom. The monoisotopic (exact) mass is 292 g/mol. The zero-order valence-electron chi connectivity index (χ0n) is 11.6. The van der Waals surface area contributed by atoms with Crippen molar-refractivity contribution in [1.82, 2.24) is 4.98 Å². The lowest BCUT2D eigenvalue weighted by Gasteiger charge is -2.09. The van der Waals surface area contributed by atoms with Gasteiger partial charge in [0.05, 0.1) is 17.0 Å². The minimum Gasteiger partial charge on any atom is -0.545 e. The van der Waals surface area contributed by atoms with Gasteiger partial charge in [0.1, 0.15) is 5.58 Å². The van der Waals surface area contributed by atoms with E-state index in [9.17, 15) is 14.7 Å². The molecule has 2 heterocycles. The lowest BCUT2D eigenvalue weighted by Crippen LogP contribution is -2.23. The van der Waals surface area contributed by atoms with Crippen molar-refractivity contribution in [2.75, 3.05) is 0 Å². The highest BCUT2D eigenvalue weighted by Gasteiger charge is 2.16. The van der Waals surface area contributed by atoms with Crippen molar-refractivity contribution in [2.24, 2.45) is 0 Å². The third-order valence-corrected chi connectivity index (χ3v) is 3.80. The van der Waals surface area contributed by atoms with Crippen LogP contribution in [0.3, 0.4) is 0 Å². The maximum atomic E-state index is 11.6. The SMILES string of the molecule is Cc1ccc2[nH]c3c(oc4cc(=O)ccc43)c(C(=O)[O-])c2c1. The van der Waals surface area contributed by atoms with Gasteiger partial charge in [0, 0.05) is 22.4 Å². The van der Waals surface area contributed by atoms with Crippen LogP contribution in [-0.2, 0) is 0 Å². The average molecular weight is 292 g/mol. The number of furan rings is 1. The van der Waals surface area contributed by atoms with E-state index in [4.69, 9.17) is 4.42 Å². The van der Waals surface area contributed by atoms with Gasteiger partial charge in [-0.15, -0.1) is 0 Å². The van der Waals surface area contributed by atoms with Crippen LogP contribution in [0.5, 0.6) is 0 Å². The van der Waals surface area contributed by atoms with Crippen LogP contribution in [0.1, 0.15) is 15.9 Å². The average Bonchev–Trinajstić information content (AvgIpc) is 2.81. The zero-order valence-corrected chi connectivity index (χ0v) is 11.6. The summed E-state index contributed by atoms with van der Waals surface area (Å²) >= 11 is 0. The molecule has 0 unspecified atom stereocenters. The number of carbonyl (C=O) groups excluding carboxylic acids is 1. The number of aromatic amines is 1. The highest BCUT2D eigenvalue weighted by atomic mass is 16.4. The Morgan fingerprint density at radius 1 is 1.14 bits per heavy atom. The molecular formula is C17H10NO4-. The van der Waals surface area contributed by atoms with Crippen LogP contribution in [-0.4, -0.2) is 11.0 Å². The molecule has 0 aliphatic rings. The minimum atomic E-state index is -1.31. The number of carbonyl (C=O) groups is 1. The van der Waals surface area contributed by atoms with Gasteiger partial charge in [-0.1, -0.05) is 11.6 Å². The summed E-state index contributed by atoms with van der Waals surface area (Å²) in [6.07, 6.45) is 0. The van der Waals surface area contributed by atoms with Gasteiger partial charge >= 0.3 is 0 Å². The van der Waals surface area contributed by atoms with Crippen molar-refractivity contribution in [1.29, 1.82) is 0 Å². The number of hydrogen-bond donors (Lipinski definition) is 1. The molecule has 0 spiro atoms. The summed E-state index contributed by atoms with van der Waals surface area (Å²) in [6, 6.07) is 9.86. The molecule has 0 fully saturated rings. The summed E-state index contributed by atoms with van der Waals surface area (Å²) in [5.74, 6) is -1.31. The van der Waals surface area contributed by atoms with Gasteiger partial charge in [-0.25, -0.2) is 0 Å². The molecule has 4 rings (SSSR count). The summed E-state index contributed by atoms with van der Waals surface area (Å²) < 4.78 is 5.62. The van der Waals surface area contributed by atoms with E-state index in [2.05, 4.69) is 4.98 Å². The maximum Gasteiger partial charge on any atom is 0.182 e. The molecule has 2 aromatic heterocycles. The molecule has 108 valence electrons. The molecule has 5 heteroatoms. The Kier molecular flexibility index (Phi) is 2.42. The Balaban J connectivity index is 2.32. The minimum absolute atomic E-state index is 0.00361. The largest absolute Gasteiger partial charge is 0.545 e. The van der Waals surface area contributed by atoms with Crippen molar-refractivity contribution < 1.29 is 14.3 Å². The van der Waals surface area contributed by atoms with Gasteiger partial charge in [-0.3, -0.25) is 4.79 Å². The first kappa shape index (κ1) is 12.6. The highest BCUT2D eigenvalue weighted by Crippen LogP contribution is 2.33. The lowest BCUT2D eigenvalue weighted by atomic mass is 10.0. The highest BCUT2D eigenvalue weighted by molar-refractivity contribution is 6.16. The van der Waals surface area contributed by atoms with Crippen LogP contribution in [0.2, 0.25) is 0 Å².